The summed E-state index contributed by atoms with van der Waals surface area (Å²) in [5.41, 5.74) is 0. The van der Waals surface area contributed by atoms with E-state index >= 15 is 0 Å². The molecule has 0 aromatic heterocycles. The molecule has 0 saturated carbocycles. The van der Waals surface area contributed by atoms with Gasteiger partial charge in [-0.05, 0) is 19.3 Å². The molecule has 0 radical (unpaired) electrons. The Hall–Kier alpha value is -0.160. The van der Waals surface area contributed by atoms with E-state index in [0.29, 0.717) is 19.5 Å². The van der Waals surface area contributed by atoms with Gasteiger partial charge in [-0.15, -0.1) is 0 Å². The van der Waals surface area contributed by atoms with Crippen LogP contribution < -0.4 is 0 Å². The van der Waals surface area contributed by atoms with Gasteiger partial charge < -0.3 is 15.3 Å². The van der Waals surface area contributed by atoms with E-state index in [4.69, 9.17) is 0 Å². The SMILES string of the molecule is CCCCCCCCCCCCCCCCC(O)CN(CCCO)CC(O)CCCCCCCCCCCCCCCC. The Kier molecular flexibility index (Phi) is 36.2. The van der Waals surface area contributed by atoms with Crippen molar-refractivity contribution in [3.63, 3.8) is 0 Å². The van der Waals surface area contributed by atoms with Gasteiger partial charge in [0, 0.05) is 26.2 Å². The summed E-state index contributed by atoms with van der Waals surface area (Å²) in [6.07, 6.45) is 39.7. The molecular formula is C39H81NO3. The summed E-state index contributed by atoms with van der Waals surface area (Å²) >= 11 is 0. The van der Waals surface area contributed by atoms with Gasteiger partial charge in [0.25, 0.3) is 0 Å². The Morgan fingerprint density at radius 1 is 0.372 bits per heavy atom. The minimum Gasteiger partial charge on any atom is -0.396 e. The van der Waals surface area contributed by atoms with Gasteiger partial charge in [0.05, 0.1) is 12.2 Å². The average molecular weight is 612 g/mol. The first-order valence-electron chi connectivity index (χ1n) is 19.8. The zero-order chi connectivity index (χ0) is 31.5. The maximum Gasteiger partial charge on any atom is 0.0667 e. The van der Waals surface area contributed by atoms with Crippen molar-refractivity contribution in [3.05, 3.63) is 0 Å². The summed E-state index contributed by atoms with van der Waals surface area (Å²) in [5.74, 6) is 0. The van der Waals surface area contributed by atoms with E-state index in [-0.39, 0.29) is 18.8 Å². The second kappa shape index (κ2) is 36.3. The first kappa shape index (κ1) is 42.8. The van der Waals surface area contributed by atoms with E-state index in [1.165, 1.54) is 167 Å². The lowest BCUT2D eigenvalue weighted by molar-refractivity contribution is 0.0573. The summed E-state index contributed by atoms with van der Waals surface area (Å²) in [7, 11) is 0. The molecule has 0 heterocycles. The third kappa shape index (κ3) is 34.6. The van der Waals surface area contributed by atoms with Crippen LogP contribution in [-0.4, -0.2) is 58.7 Å². The molecule has 0 bridgehead atoms. The highest BCUT2D eigenvalue weighted by Gasteiger charge is 2.15. The van der Waals surface area contributed by atoms with Gasteiger partial charge in [0.2, 0.25) is 0 Å². The van der Waals surface area contributed by atoms with E-state index in [0.717, 1.165) is 32.2 Å². The maximum absolute atomic E-state index is 10.6. The second-order valence-electron chi connectivity index (χ2n) is 13.9. The Morgan fingerprint density at radius 2 is 0.628 bits per heavy atom. The van der Waals surface area contributed by atoms with Crippen LogP contribution in [0.1, 0.15) is 213 Å². The van der Waals surface area contributed by atoms with Crippen molar-refractivity contribution in [2.75, 3.05) is 26.2 Å². The average Bonchev–Trinajstić information content (AvgIpc) is 3.00. The molecule has 0 rings (SSSR count). The molecule has 0 saturated heterocycles. The smallest absolute Gasteiger partial charge is 0.0667 e. The van der Waals surface area contributed by atoms with Crippen molar-refractivity contribution >= 4 is 0 Å². The lowest BCUT2D eigenvalue weighted by Crippen LogP contribution is -2.39. The van der Waals surface area contributed by atoms with Gasteiger partial charge in [-0.25, -0.2) is 0 Å². The summed E-state index contributed by atoms with van der Waals surface area (Å²) in [6, 6.07) is 0. The molecule has 2 atom stereocenters. The van der Waals surface area contributed by atoms with Gasteiger partial charge in [0.1, 0.15) is 0 Å². The quantitative estimate of drug-likeness (QED) is 0.0611. The van der Waals surface area contributed by atoms with Crippen molar-refractivity contribution in [2.24, 2.45) is 0 Å². The van der Waals surface area contributed by atoms with Crippen LogP contribution in [0.5, 0.6) is 0 Å². The number of unbranched alkanes of at least 4 members (excludes halogenated alkanes) is 26. The topological polar surface area (TPSA) is 63.9 Å². The number of aliphatic hydroxyl groups is 3. The molecule has 260 valence electrons. The summed E-state index contributed by atoms with van der Waals surface area (Å²) < 4.78 is 0. The summed E-state index contributed by atoms with van der Waals surface area (Å²) in [6.45, 7) is 6.73. The third-order valence-electron chi connectivity index (χ3n) is 9.35. The predicted molar refractivity (Wildman–Crippen MR) is 190 cm³/mol. The lowest BCUT2D eigenvalue weighted by Gasteiger charge is -2.27. The number of rotatable bonds is 37. The zero-order valence-electron chi connectivity index (χ0n) is 29.7. The third-order valence-corrected chi connectivity index (χ3v) is 9.35. The molecule has 3 N–H and O–H groups in total. The molecule has 0 amide bonds. The minimum absolute atomic E-state index is 0.167. The number of hydrogen-bond acceptors (Lipinski definition) is 4. The first-order valence-corrected chi connectivity index (χ1v) is 19.8. The molecule has 2 unspecified atom stereocenters. The fourth-order valence-corrected chi connectivity index (χ4v) is 6.48. The highest BCUT2D eigenvalue weighted by Crippen LogP contribution is 2.16. The van der Waals surface area contributed by atoms with Gasteiger partial charge in [0.15, 0.2) is 0 Å². The van der Waals surface area contributed by atoms with E-state index in [1.807, 2.05) is 0 Å². The standard InChI is InChI=1S/C39H81NO3/c1-3-5-7-9-11-13-15-17-19-21-23-25-27-29-32-38(42)36-40(34-31-35-41)37-39(43)33-30-28-26-24-22-20-18-16-14-12-10-8-6-4-2/h38-39,41-43H,3-37H2,1-2H3. The van der Waals surface area contributed by atoms with E-state index in [9.17, 15) is 15.3 Å². The van der Waals surface area contributed by atoms with E-state index < -0.39 is 0 Å². The molecule has 43 heavy (non-hydrogen) atoms. The normalized spacial score (nSPS) is 13.3. The highest BCUT2D eigenvalue weighted by molar-refractivity contribution is 4.70. The highest BCUT2D eigenvalue weighted by atomic mass is 16.3. The van der Waals surface area contributed by atoms with Crippen LogP contribution >= 0.6 is 0 Å². The number of aliphatic hydroxyl groups excluding tert-OH is 3. The Bertz CT molecular complexity index is 463. The van der Waals surface area contributed by atoms with Gasteiger partial charge in [-0.3, -0.25) is 4.90 Å². The van der Waals surface area contributed by atoms with Crippen LogP contribution in [-0.2, 0) is 0 Å². The van der Waals surface area contributed by atoms with Crippen molar-refractivity contribution in [3.8, 4) is 0 Å². The van der Waals surface area contributed by atoms with Gasteiger partial charge in [-0.2, -0.15) is 0 Å². The van der Waals surface area contributed by atoms with Crippen molar-refractivity contribution in [2.45, 2.75) is 225 Å². The van der Waals surface area contributed by atoms with Crippen LogP contribution in [0.2, 0.25) is 0 Å². The van der Waals surface area contributed by atoms with Gasteiger partial charge in [-0.1, -0.05) is 194 Å². The molecule has 0 fully saturated rings. The van der Waals surface area contributed by atoms with Crippen LogP contribution in [0.15, 0.2) is 0 Å². The monoisotopic (exact) mass is 612 g/mol. The Morgan fingerprint density at radius 3 is 0.884 bits per heavy atom. The molecule has 0 aromatic rings. The van der Waals surface area contributed by atoms with E-state index in [2.05, 4.69) is 18.7 Å². The molecule has 0 aromatic carbocycles. The number of hydrogen-bond donors (Lipinski definition) is 3. The fraction of sp³-hybridized carbons (Fsp3) is 1.00. The number of nitrogens with zero attached hydrogens (tertiary/aromatic N) is 1. The molecule has 4 nitrogen and oxygen atoms in total. The molecule has 0 spiro atoms. The van der Waals surface area contributed by atoms with Crippen molar-refractivity contribution < 1.29 is 15.3 Å². The minimum atomic E-state index is -0.329. The van der Waals surface area contributed by atoms with Crippen LogP contribution in [0.4, 0.5) is 0 Å². The largest absolute Gasteiger partial charge is 0.396 e. The van der Waals surface area contributed by atoms with Gasteiger partial charge >= 0.3 is 0 Å². The molecule has 0 aliphatic rings. The van der Waals surface area contributed by atoms with Crippen LogP contribution in [0.25, 0.3) is 0 Å². The summed E-state index contributed by atoms with van der Waals surface area (Å²) in [4.78, 5) is 2.18. The summed E-state index contributed by atoms with van der Waals surface area (Å²) in [5, 5.41) is 30.6. The van der Waals surface area contributed by atoms with Crippen molar-refractivity contribution in [1.29, 1.82) is 0 Å². The first-order chi connectivity index (χ1) is 21.1. The maximum atomic E-state index is 10.6. The Balaban J connectivity index is 3.71. The molecular weight excluding hydrogens is 530 g/mol. The van der Waals surface area contributed by atoms with Crippen LogP contribution in [0.3, 0.4) is 0 Å². The molecule has 0 aliphatic carbocycles. The molecule has 4 heteroatoms. The fourth-order valence-electron chi connectivity index (χ4n) is 6.48. The second-order valence-corrected chi connectivity index (χ2v) is 13.9. The lowest BCUT2D eigenvalue weighted by atomic mass is 10.0. The van der Waals surface area contributed by atoms with Crippen LogP contribution in [0, 0.1) is 0 Å². The Labute approximate surface area is 271 Å². The molecule has 0 aliphatic heterocycles. The zero-order valence-corrected chi connectivity index (χ0v) is 29.7. The van der Waals surface area contributed by atoms with E-state index in [1.54, 1.807) is 0 Å². The predicted octanol–water partition coefficient (Wildman–Crippen LogP) is 11.1. The van der Waals surface area contributed by atoms with Crippen molar-refractivity contribution in [1.82, 2.24) is 4.90 Å².